The van der Waals surface area contributed by atoms with Crippen molar-refractivity contribution in [2.75, 3.05) is 38.1 Å². The highest BCUT2D eigenvalue weighted by Crippen LogP contribution is 2.35. The van der Waals surface area contributed by atoms with E-state index in [1.54, 1.807) is 17.1 Å². The Hall–Kier alpha value is -4.29. The van der Waals surface area contributed by atoms with Crippen molar-refractivity contribution >= 4 is 22.5 Å². The summed E-state index contributed by atoms with van der Waals surface area (Å²) in [5, 5.41) is 14.1. The van der Waals surface area contributed by atoms with E-state index < -0.39 is 0 Å². The molecule has 0 aromatic carbocycles. The van der Waals surface area contributed by atoms with Crippen LogP contribution in [0.4, 0.5) is 11.6 Å². The number of nitrogens with zero attached hydrogens (tertiary/aromatic N) is 10. The summed E-state index contributed by atoms with van der Waals surface area (Å²) in [4.78, 5) is 19.3. The van der Waals surface area contributed by atoms with Crippen molar-refractivity contribution in [1.29, 1.82) is 0 Å². The van der Waals surface area contributed by atoms with Crippen LogP contribution in [0.2, 0.25) is 0 Å². The minimum absolute atomic E-state index is 0.0886. The van der Waals surface area contributed by atoms with Crippen molar-refractivity contribution in [3.05, 3.63) is 48.7 Å². The standard InChI is InChI=1S/C32H39N11O/c1-4-41-19-22(15-24(41)20-40-10-12-42(13-11-40)23-5-6-23)30-25-17-34-29-16-27(25)43(38-30)21(2)8-14-44-32-26(18-35-39(32)3)31-33-9-7-28(36-29)37-31/h7,9,15-19,21,23H,4-6,8,10-14,20H2,1-3H3,(H,33,34,36,37)/t21-/m0/s1. The zero-order valence-electron chi connectivity index (χ0n) is 25.6. The van der Waals surface area contributed by atoms with Crippen LogP contribution in [0.1, 0.15) is 44.8 Å². The summed E-state index contributed by atoms with van der Waals surface area (Å²) in [5.41, 5.74) is 5.21. The molecule has 1 aliphatic carbocycles. The zero-order chi connectivity index (χ0) is 29.8. The number of pyridine rings is 1. The molecule has 4 bridgehead atoms. The number of hydrogen-bond acceptors (Lipinski definition) is 9. The molecule has 8 rings (SSSR count). The summed E-state index contributed by atoms with van der Waals surface area (Å²) < 4.78 is 12.5. The van der Waals surface area contributed by atoms with Crippen molar-refractivity contribution in [3.63, 3.8) is 0 Å². The van der Waals surface area contributed by atoms with E-state index in [2.05, 4.69) is 66.6 Å². The first-order valence-electron chi connectivity index (χ1n) is 15.8. The molecule has 0 spiro atoms. The fraction of sp³-hybridized carbons (Fsp3) is 0.469. The van der Waals surface area contributed by atoms with E-state index in [0.29, 0.717) is 29.9 Å². The first-order valence-corrected chi connectivity index (χ1v) is 15.8. The number of nitrogens with one attached hydrogen (secondary N) is 1. The molecule has 1 saturated heterocycles. The van der Waals surface area contributed by atoms with Gasteiger partial charge < -0.3 is 14.6 Å². The minimum Gasteiger partial charge on any atom is -0.477 e. The maximum Gasteiger partial charge on any atom is 0.222 e. The van der Waals surface area contributed by atoms with E-state index in [1.165, 1.54) is 31.6 Å². The Morgan fingerprint density at radius 3 is 2.70 bits per heavy atom. The van der Waals surface area contributed by atoms with Gasteiger partial charge in [0, 0.05) is 100 Å². The summed E-state index contributed by atoms with van der Waals surface area (Å²) in [6.07, 6.45) is 11.2. The summed E-state index contributed by atoms with van der Waals surface area (Å²) in [5.74, 6) is 2.56. The van der Waals surface area contributed by atoms with Crippen molar-refractivity contribution < 1.29 is 4.74 Å². The Bertz CT molecular complexity index is 1810. The van der Waals surface area contributed by atoms with E-state index in [0.717, 1.165) is 66.4 Å². The highest BCUT2D eigenvalue weighted by Gasteiger charge is 2.31. The van der Waals surface area contributed by atoms with Gasteiger partial charge in [-0.25, -0.2) is 19.6 Å². The van der Waals surface area contributed by atoms with Gasteiger partial charge in [-0.05, 0) is 38.8 Å². The molecule has 0 unspecified atom stereocenters. The first kappa shape index (κ1) is 27.3. The lowest BCUT2D eigenvalue weighted by Gasteiger charge is -2.34. The molecule has 0 amide bonds. The summed E-state index contributed by atoms with van der Waals surface area (Å²) in [6, 6.07) is 7.18. The van der Waals surface area contributed by atoms with E-state index in [9.17, 15) is 0 Å². The Morgan fingerprint density at radius 1 is 1.02 bits per heavy atom. The van der Waals surface area contributed by atoms with Crippen LogP contribution in [0.15, 0.2) is 43.0 Å². The number of aryl methyl sites for hydroxylation is 2. The van der Waals surface area contributed by atoms with Crippen LogP contribution in [-0.2, 0) is 20.1 Å². The van der Waals surface area contributed by atoms with Gasteiger partial charge >= 0.3 is 0 Å². The smallest absolute Gasteiger partial charge is 0.222 e. The third-order valence-corrected chi connectivity index (χ3v) is 9.28. The number of ether oxygens (including phenoxy) is 1. The number of rotatable bonds is 5. The van der Waals surface area contributed by atoms with Crippen LogP contribution in [0.3, 0.4) is 0 Å². The van der Waals surface area contributed by atoms with Crippen LogP contribution >= 0.6 is 0 Å². The Morgan fingerprint density at radius 2 is 1.89 bits per heavy atom. The molecule has 228 valence electrons. The second-order valence-electron chi connectivity index (χ2n) is 12.3. The van der Waals surface area contributed by atoms with Gasteiger partial charge in [-0.2, -0.15) is 10.2 Å². The van der Waals surface area contributed by atoms with Gasteiger partial charge in [0.15, 0.2) is 5.82 Å². The van der Waals surface area contributed by atoms with Crippen molar-refractivity contribution in [3.8, 4) is 28.5 Å². The molecule has 44 heavy (non-hydrogen) atoms. The Kier molecular flexibility index (Phi) is 6.82. The van der Waals surface area contributed by atoms with Crippen LogP contribution in [0.25, 0.3) is 33.5 Å². The number of aromatic nitrogens is 8. The lowest BCUT2D eigenvalue weighted by Crippen LogP contribution is -2.46. The normalized spacial score (nSPS) is 19.5. The van der Waals surface area contributed by atoms with Gasteiger partial charge in [0.1, 0.15) is 22.9 Å². The number of piperazine rings is 1. The maximum absolute atomic E-state index is 6.28. The molecular weight excluding hydrogens is 554 g/mol. The highest BCUT2D eigenvalue weighted by molar-refractivity contribution is 5.94. The molecule has 12 heteroatoms. The average molecular weight is 594 g/mol. The van der Waals surface area contributed by atoms with Gasteiger partial charge in [0.05, 0.1) is 24.4 Å². The molecule has 5 aromatic rings. The molecule has 12 nitrogen and oxygen atoms in total. The van der Waals surface area contributed by atoms with Crippen LogP contribution in [-0.4, -0.2) is 87.7 Å². The average Bonchev–Trinajstić information content (AvgIpc) is 3.56. The second-order valence-corrected chi connectivity index (χ2v) is 12.3. The molecule has 7 heterocycles. The quantitative estimate of drug-likeness (QED) is 0.316. The third kappa shape index (κ3) is 5.01. The summed E-state index contributed by atoms with van der Waals surface area (Å²) in [6.45, 7) is 11.4. The fourth-order valence-corrected chi connectivity index (χ4v) is 6.60. The predicted molar refractivity (Wildman–Crippen MR) is 169 cm³/mol. The predicted octanol–water partition coefficient (Wildman–Crippen LogP) is 4.48. The Balaban J connectivity index is 1.13. The van der Waals surface area contributed by atoms with Crippen molar-refractivity contribution in [2.45, 2.75) is 58.3 Å². The topological polar surface area (TPSA) is 107 Å². The highest BCUT2D eigenvalue weighted by atomic mass is 16.5. The molecule has 2 fully saturated rings. The fourth-order valence-electron chi connectivity index (χ4n) is 6.60. The maximum atomic E-state index is 6.28. The van der Waals surface area contributed by atoms with Gasteiger partial charge in [-0.15, -0.1) is 0 Å². The van der Waals surface area contributed by atoms with Crippen LogP contribution < -0.4 is 10.1 Å². The minimum atomic E-state index is 0.0886. The van der Waals surface area contributed by atoms with Crippen LogP contribution in [0.5, 0.6) is 5.88 Å². The lowest BCUT2D eigenvalue weighted by molar-refractivity contribution is 0.119. The summed E-state index contributed by atoms with van der Waals surface area (Å²) >= 11 is 0. The third-order valence-electron chi connectivity index (χ3n) is 9.28. The van der Waals surface area contributed by atoms with E-state index in [4.69, 9.17) is 19.8 Å². The monoisotopic (exact) mass is 593 g/mol. The van der Waals surface area contributed by atoms with Gasteiger partial charge in [-0.1, -0.05) is 0 Å². The van der Waals surface area contributed by atoms with E-state index in [-0.39, 0.29) is 6.04 Å². The largest absolute Gasteiger partial charge is 0.477 e. The van der Waals surface area contributed by atoms with Crippen molar-refractivity contribution in [2.24, 2.45) is 7.05 Å². The molecule has 1 saturated carbocycles. The Labute approximate surface area is 256 Å². The van der Waals surface area contributed by atoms with E-state index >= 15 is 0 Å². The van der Waals surface area contributed by atoms with Gasteiger partial charge in [0.25, 0.3) is 0 Å². The van der Waals surface area contributed by atoms with Crippen LogP contribution in [0, 0.1) is 0 Å². The molecular formula is C32H39N11O. The van der Waals surface area contributed by atoms with Gasteiger partial charge in [-0.3, -0.25) is 14.5 Å². The number of anilines is 2. The molecule has 1 atom stereocenters. The molecule has 3 aliphatic rings. The summed E-state index contributed by atoms with van der Waals surface area (Å²) in [7, 11) is 1.87. The SMILES string of the molecule is CCn1cc(-c2nn3c4cc(ncc24)Nc2ccnc(n2)-c2cnn(C)c2OCC[C@@H]3C)cc1CN1CCN(C2CC2)CC1. The molecule has 2 aliphatic heterocycles. The van der Waals surface area contributed by atoms with Crippen molar-refractivity contribution in [1.82, 2.24) is 48.9 Å². The zero-order valence-corrected chi connectivity index (χ0v) is 25.6. The lowest BCUT2D eigenvalue weighted by atomic mass is 10.1. The van der Waals surface area contributed by atoms with E-state index in [1.807, 2.05) is 19.3 Å². The number of fused-ring (bicyclic) bond motifs is 5. The number of hydrogen-bond donors (Lipinski definition) is 1. The molecule has 5 aromatic heterocycles. The molecule has 1 N–H and O–H groups in total. The second kappa shape index (κ2) is 11.0. The van der Waals surface area contributed by atoms with Gasteiger partial charge in [0.2, 0.25) is 5.88 Å². The molecule has 0 radical (unpaired) electrons. The first-order chi connectivity index (χ1) is 21.5.